The quantitative estimate of drug-likeness (QED) is 0.400. The first-order chi connectivity index (χ1) is 16.2. The number of amides is 2. The molecule has 0 aromatic heterocycles. The van der Waals surface area contributed by atoms with Crippen LogP contribution in [0.25, 0.3) is 0 Å². The lowest BCUT2D eigenvalue weighted by atomic mass is 9.59. The Morgan fingerprint density at radius 1 is 1.12 bits per heavy atom. The number of carboxylic acid groups (broad SMARTS) is 1. The Balaban J connectivity index is 1.62. The molecule has 3 aliphatic carbocycles. The van der Waals surface area contributed by atoms with E-state index >= 15 is 0 Å². The molecule has 2 amide bonds. The molecule has 1 heterocycles. The number of imide groups is 1. The van der Waals surface area contributed by atoms with E-state index in [-0.39, 0.29) is 42.6 Å². The van der Waals surface area contributed by atoms with Gasteiger partial charge in [-0.05, 0) is 49.5 Å². The number of benzene rings is 1. The zero-order valence-corrected chi connectivity index (χ0v) is 18.5. The standard InChI is InChI=1S/C26H23NO7/c1-12-9-19(29)23-18(24(12)32)11-17-15(21(23)13-3-2-4-14(28)10-13)5-6-16-22(17)26(34)27(25(16)33)8-7-20(30)31/h2-5,9-10,16-17,21-22,28H,6-8,11H2,1H3,(H,30,31)/t16-,17+,21-,22-/m0/s1. The SMILES string of the molecule is CC1=CC(=O)C2=C(C[C@@H]3C(=CC[C@@H]4C(=O)N(CCC(=O)O)C(=O)[C@@H]43)[C@@H]2c2cccc(O)c2)C1=O. The van der Waals surface area contributed by atoms with Crippen LogP contribution in [0.3, 0.4) is 0 Å². The number of allylic oxidation sites excluding steroid dienone is 6. The Kier molecular flexibility index (Phi) is 5.11. The van der Waals surface area contributed by atoms with E-state index < -0.39 is 35.5 Å². The second-order valence-electron chi connectivity index (χ2n) is 9.30. The highest BCUT2D eigenvalue weighted by atomic mass is 16.4. The van der Waals surface area contributed by atoms with Crippen molar-refractivity contribution in [2.75, 3.05) is 6.54 Å². The van der Waals surface area contributed by atoms with Gasteiger partial charge in [0.2, 0.25) is 11.8 Å². The van der Waals surface area contributed by atoms with E-state index in [0.717, 1.165) is 10.5 Å². The smallest absolute Gasteiger partial charge is 0.305 e. The van der Waals surface area contributed by atoms with Crippen LogP contribution in [0.15, 0.2) is 58.7 Å². The molecule has 0 saturated carbocycles. The molecule has 2 N–H and O–H groups in total. The highest BCUT2D eigenvalue weighted by Crippen LogP contribution is 2.55. The first kappa shape index (κ1) is 22.0. The van der Waals surface area contributed by atoms with Crippen LogP contribution in [0.2, 0.25) is 0 Å². The number of likely N-dealkylation sites (tertiary alicyclic amines) is 1. The van der Waals surface area contributed by atoms with Crippen molar-refractivity contribution in [3.8, 4) is 5.75 Å². The summed E-state index contributed by atoms with van der Waals surface area (Å²) in [5.41, 5.74) is 2.47. The highest BCUT2D eigenvalue weighted by molar-refractivity contribution is 6.23. The molecule has 174 valence electrons. The molecule has 5 rings (SSSR count). The fourth-order valence-electron chi connectivity index (χ4n) is 5.96. The molecule has 0 radical (unpaired) electrons. The molecule has 4 atom stereocenters. The van der Waals surface area contributed by atoms with Gasteiger partial charge in [-0.1, -0.05) is 23.8 Å². The number of phenols is 1. The number of carbonyl (C=O) groups is 5. The third-order valence-electron chi connectivity index (χ3n) is 7.41. The summed E-state index contributed by atoms with van der Waals surface area (Å²) < 4.78 is 0. The molecule has 0 bridgehead atoms. The minimum Gasteiger partial charge on any atom is -0.508 e. The predicted molar refractivity (Wildman–Crippen MR) is 118 cm³/mol. The molecule has 34 heavy (non-hydrogen) atoms. The molecule has 1 fully saturated rings. The molecule has 4 aliphatic rings. The normalized spacial score (nSPS) is 28.3. The van der Waals surface area contributed by atoms with E-state index in [1.54, 1.807) is 25.1 Å². The lowest BCUT2D eigenvalue weighted by molar-refractivity contribution is -0.142. The first-order valence-electron chi connectivity index (χ1n) is 11.2. The molecule has 0 unspecified atom stereocenters. The van der Waals surface area contributed by atoms with E-state index in [0.29, 0.717) is 28.7 Å². The molecular weight excluding hydrogens is 438 g/mol. The summed E-state index contributed by atoms with van der Waals surface area (Å²) in [7, 11) is 0. The minimum absolute atomic E-state index is 0.0179. The van der Waals surface area contributed by atoms with Gasteiger partial charge in [-0.2, -0.15) is 0 Å². The van der Waals surface area contributed by atoms with Crippen LogP contribution < -0.4 is 0 Å². The Morgan fingerprint density at radius 3 is 2.59 bits per heavy atom. The number of nitrogens with zero attached hydrogens (tertiary/aromatic N) is 1. The summed E-state index contributed by atoms with van der Waals surface area (Å²) in [4.78, 5) is 64.7. The summed E-state index contributed by atoms with van der Waals surface area (Å²) in [5.74, 6) is -4.83. The lowest BCUT2D eigenvalue weighted by Crippen LogP contribution is -2.40. The molecule has 0 spiro atoms. The zero-order chi connectivity index (χ0) is 24.3. The number of rotatable bonds is 4. The minimum atomic E-state index is -1.10. The number of hydrogen-bond acceptors (Lipinski definition) is 6. The van der Waals surface area contributed by atoms with Crippen molar-refractivity contribution in [3.05, 3.63) is 64.3 Å². The molecule has 8 heteroatoms. The number of hydrogen-bond donors (Lipinski definition) is 2. The average Bonchev–Trinajstić information content (AvgIpc) is 3.04. The summed E-state index contributed by atoms with van der Waals surface area (Å²) in [6.07, 6.45) is 3.35. The Morgan fingerprint density at radius 2 is 1.88 bits per heavy atom. The molecule has 1 aliphatic heterocycles. The van der Waals surface area contributed by atoms with E-state index in [2.05, 4.69) is 0 Å². The van der Waals surface area contributed by atoms with Gasteiger partial charge in [-0.15, -0.1) is 0 Å². The Hall–Kier alpha value is -3.81. The largest absolute Gasteiger partial charge is 0.508 e. The maximum atomic E-state index is 13.4. The van der Waals surface area contributed by atoms with Crippen molar-refractivity contribution in [2.24, 2.45) is 17.8 Å². The van der Waals surface area contributed by atoms with E-state index in [9.17, 15) is 29.1 Å². The van der Waals surface area contributed by atoms with Crippen molar-refractivity contribution in [2.45, 2.75) is 32.1 Å². The van der Waals surface area contributed by atoms with E-state index in [1.807, 2.05) is 6.08 Å². The van der Waals surface area contributed by atoms with Crippen molar-refractivity contribution in [1.82, 2.24) is 4.90 Å². The van der Waals surface area contributed by atoms with Gasteiger partial charge < -0.3 is 10.2 Å². The fourth-order valence-corrected chi connectivity index (χ4v) is 5.96. The second kappa shape index (κ2) is 7.90. The van der Waals surface area contributed by atoms with Gasteiger partial charge >= 0.3 is 5.97 Å². The first-order valence-corrected chi connectivity index (χ1v) is 11.2. The van der Waals surface area contributed by atoms with Crippen molar-refractivity contribution >= 4 is 29.4 Å². The number of ketones is 2. The molecule has 1 aromatic rings. The van der Waals surface area contributed by atoms with Gasteiger partial charge in [-0.25, -0.2) is 0 Å². The number of Topliss-reactive ketones (excluding diaryl/α,β-unsaturated/α-hetero) is 1. The van der Waals surface area contributed by atoms with Crippen LogP contribution in [0.1, 0.15) is 37.7 Å². The average molecular weight is 461 g/mol. The highest BCUT2D eigenvalue weighted by Gasteiger charge is 2.56. The zero-order valence-electron chi connectivity index (χ0n) is 18.5. The van der Waals surface area contributed by atoms with E-state index in [4.69, 9.17) is 5.11 Å². The van der Waals surface area contributed by atoms with E-state index in [1.165, 1.54) is 12.1 Å². The number of phenolic OH excluding ortho intramolecular Hbond substituents is 1. The summed E-state index contributed by atoms with van der Waals surface area (Å²) >= 11 is 0. The summed E-state index contributed by atoms with van der Waals surface area (Å²) in [5, 5.41) is 19.1. The number of fused-ring (bicyclic) bond motifs is 3. The molecule has 8 nitrogen and oxygen atoms in total. The van der Waals surface area contributed by atoms with Crippen LogP contribution in [-0.4, -0.2) is 51.0 Å². The van der Waals surface area contributed by atoms with Crippen LogP contribution in [0.4, 0.5) is 0 Å². The Bertz CT molecular complexity index is 1270. The van der Waals surface area contributed by atoms with Crippen LogP contribution in [-0.2, 0) is 24.0 Å². The molecule has 1 saturated heterocycles. The van der Waals surface area contributed by atoms with Gasteiger partial charge in [0.05, 0.1) is 18.3 Å². The van der Waals surface area contributed by atoms with Crippen molar-refractivity contribution < 1.29 is 34.2 Å². The van der Waals surface area contributed by atoms with Gasteiger partial charge in [0.25, 0.3) is 0 Å². The predicted octanol–water partition coefficient (Wildman–Crippen LogP) is 2.30. The lowest BCUT2D eigenvalue weighted by Gasteiger charge is -2.42. The van der Waals surface area contributed by atoms with Gasteiger partial charge in [0.15, 0.2) is 11.6 Å². The molecule has 1 aromatic carbocycles. The maximum absolute atomic E-state index is 13.4. The fraction of sp³-hybridized carbons (Fsp3) is 0.346. The van der Waals surface area contributed by atoms with Crippen LogP contribution in [0.5, 0.6) is 5.75 Å². The summed E-state index contributed by atoms with van der Waals surface area (Å²) in [6.45, 7) is 1.39. The molecular formula is C26H23NO7. The van der Waals surface area contributed by atoms with Crippen molar-refractivity contribution in [3.63, 3.8) is 0 Å². The van der Waals surface area contributed by atoms with Crippen LogP contribution in [0, 0.1) is 17.8 Å². The topological polar surface area (TPSA) is 129 Å². The number of carboxylic acids is 1. The van der Waals surface area contributed by atoms with Gasteiger partial charge in [0.1, 0.15) is 5.75 Å². The van der Waals surface area contributed by atoms with Crippen LogP contribution >= 0.6 is 0 Å². The maximum Gasteiger partial charge on any atom is 0.305 e. The second-order valence-corrected chi connectivity index (χ2v) is 9.30. The monoisotopic (exact) mass is 461 g/mol. The van der Waals surface area contributed by atoms with Gasteiger partial charge in [0, 0.05) is 29.2 Å². The third-order valence-corrected chi connectivity index (χ3v) is 7.41. The van der Waals surface area contributed by atoms with Crippen molar-refractivity contribution in [1.29, 1.82) is 0 Å². The van der Waals surface area contributed by atoms with Gasteiger partial charge in [-0.3, -0.25) is 28.9 Å². The summed E-state index contributed by atoms with van der Waals surface area (Å²) in [6, 6.07) is 6.50. The third kappa shape index (κ3) is 3.24. The number of aromatic hydroxyl groups is 1. The Labute approximate surface area is 195 Å². The number of aliphatic carboxylic acids is 1. The number of carbonyl (C=O) groups excluding carboxylic acids is 4.